The molecule has 1 atom stereocenters. The fourth-order valence-electron chi connectivity index (χ4n) is 2.40. The molecule has 0 aliphatic rings. The molecule has 0 saturated heterocycles. The number of alkyl halides is 1. The van der Waals surface area contributed by atoms with Gasteiger partial charge in [0, 0.05) is 0 Å². The van der Waals surface area contributed by atoms with E-state index in [-0.39, 0.29) is 5.38 Å². The zero-order valence-corrected chi connectivity index (χ0v) is 11.7. The Kier molecular flexibility index (Phi) is 4.43. The molecule has 2 aromatic rings. The van der Waals surface area contributed by atoms with Gasteiger partial charge in [-0.3, -0.25) is 0 Å². The first-order valence-electron chi connectivity index (χ1n) is 6.57. The minimum atomic E-state index is -0.0442. The van der Waals surface area contributed by atoms with E-state index in [1.54, 1.807) is 0 Å². The van der Waals surface area contributed by atoms with Gasteiger partial charge < -0.3 is 0 Å². The van der Waals surface area contributed by atoms with Gasteiger partial charge in [-0.2, -0.15) is 0 Å². The molecule has 0 saturated carbocycles. The van der Waals surface area contributed by atoms with Gasteiger partial charge >= 0.3 is 0 Å². The third-order valence-electron chi connectivity index (χ3n) is 3.39. The minimum Gasteiger partial charge on any atom is -0.113 e. The number of rotatable bonds is 4. The summed E-state index contributed by atoms with van der Waals surface area (Å²) in [6, 6.07) is 16.8. The Hall–Kier alpha value is -1.27. The molecule has 0 amide bonds. The summed E-state index contributed by atoms with van der Waals surface area (Å²) in [5, 5.41) is -0.0442. The second-order valence-corrected chi connectivity index (χ2v) is 4.91. The molecule has 0 radical (unpaired) electrons. The summed E-state index contributed by atoms with van der Waals surface area (Å²) in [5.41, 5.74) is 5.20. The first-order valence-corrected chi connectivity index (χ1v) is 7.01. The highest BCUT2D eigenvalue weighted by atomic mass is 35.5. The third kappa shape index (κ3) is 2.59. The van der Waals surface area contributed by atoms with Crippen LogP contribution < -0.4 is 0 Å². The van der Waals surface area contributed by atoms with Crippen LogP contribution in [-0.4, -0.2) is 0 Å². The van der Waals surface area contributed by atoms with Crippen LogP contribution in [0.25, 0.3) is 0 Å². The maximum Gasteiger partial charge on any atom is 0.0840 e. The lowest BCUT2D eigenvalue weighted by Gasteiger charge is -2.18. The predicted molar refractivity (Wildman–Crippen MR) is 79.3 cm³/mol. The number of halogens is 1. The molecule has 0 nitrogen and oxygen atoms in total. The van der Waals surface area contributed by atoms with E-state index in [1.165, 1.54) is 22.3 Å². The van der Waals surface area contributed by atoms with Gasteiger partial charge in [0.15, 0.2) is 0 Å². The standard InChI is InChI=1S/C17H19Cl/c1-3-13-11-8-12-14(4-2)16(13)17(18)15-9-6-5-7-10-15/h5-12,17H,3-4H2,1-2H3. The molecule has 2 aromatic carbocycles. The van der Waals surface area contributed by atoms with E-state index in [0.717, 1.165) is 12.8 Å². The normalized spacial score (nSPS) is 12.4. The van der Waals surface area contributed by atoms with Crippen LogP contribution in [0, 0.1) is 0 Å². The monoisotopic (exact) mass is 258 g/mol. The fourth-order valence-corrected chi connectivity index (χ4v) is 2.82. The zero-order chi connectivity index (χ0) is 13.0. The van der Waals surface area contributed by atoms with Gasteiger partial charge in [0.25, 0.3) is 0 Å². The lowest BCUT2D eigenvalue weighted by molar-refractivity contribution is 0.983. The lowest BCUT2D eigenvalue weighted by atomic mass is 9.92. The molecule has 0 bridgehead atoms. The van der Waals surface area contributed by atoms with Gasteiger partial charge in [-0.05, 0) is 35.1 Å². The maximum absolute atomic E-state index is 6.70. The third-order valence-corrected chi connectivity index (χ3v) is 3.86. The van der Waals surface area contributed by atoms with Crippen molar-refractivity contribution in [3.8, 4) is 0 Å². The van der Waals surface area contributed by atoms with Crippen LogP contribution in [0.5, 0.6) is 0 Å². The van der Waals surface area contributed by atoms with Gasteiger partial charge in [0.05, 0.1) is 5.38 Å². The topological polar surface area (TPSA) is 0 Å². The van der Waals surface area contributed by atoms with Crippen molar-refractivity contribution in [3.05, 3.63) is 70.8 Å². The van der Waals surface area contributed by atoms with E-state index < -0.39 is 0 Å². The first-order chi connectivity index (χ1) is 8.77. The summed E-state index contributed by atoms with van der Waals surface area (Å²) in [6.07, 6.45) is 2.05. The second-order valence-electron chi connectivity index (χ2n) is 4.47. The quantitative estimate of drug-likeness (QED) is 0.666. The van der Waals surface area contributed by atoms with Crippen LogP contribution in [0.2, 0.25) is 0 Å². The summed E-state index contributed by atoms with van der Waals surface area (Å²) in [6.45, 7) is 4.37. The van der Waals surface area contributed by atoms with Crippen molar-refractivity contribution in [3.63, 3.8) is 0 Å². The molecule has 0 heterocycles. The van der Waals surface area contributed by atoms with E-state index in [1.807, 2.05) is 18.2 Å². The molecule has 94 valence electrons. The van der Waals surface area contributed by atoms with E-state index in [2.05, 4.69) is 44.2 Å². The number of hydrogen-bond donors (Lipinski definition) is 0. The highest BCUT2D eigenvalue weighted by Gasteiger charge is 2.16. The molecule has 0 spiro atoms. The molecule has 1 unspecified atom stereocenters. The molecule has 18 heavy (non-hydrogen) atoms. The van der Waals surface area contributed by atoms with Crippen molar-refractivity contribution >= 4 is 11.6 Å². The van der Waals surface area contributed by atoms with Crippen molar-refractivity contribution in [2.75, 3.05) is 0 Å². The summed E-state index contributed by atoms with van der Waals surface area (Å²) < 4.78 is 0. The molecule has 0 fully saturated rings. The summed E-state index contributed by atoms with van der Waals surface area (Å²) in [5.74, 6) is 0. The van der Waals surface area contributed by atoms with Crippen LogP contribution in [0.4, 0.5) is 0 Å². The Morgan fingerprint density at radius 3 is 1.89 bits per heavy atom. The number of aryl methyl sites for hydroxylation is 2. The minimum absolute atomic E-state index is 0.0442. The molecule has 1 heteroatoms. The van der Waals surface area contributed by atoms with Crippen LogP contribution in [0.15, 0.2) is 48.5 Å². The van der Waals surface area contributed by atoms with Crippen molar-refractivity contribution < 1.29 is 0 Å². The Morgan fingerprint density at radius 1 is 0.833 bits per heavy atom. The van der Waals surface area contributed by atoms with Crippen LogP contribution in [-0.2, 0) is 12.8 Å². The van der Waals surface area contributed by atoms with E-state index >= 15 is 0 Å². The maximum atomic E-state index is 6.70. The molecule has 0 N–H and O–H groups in total. The average molecular weight is 259 g/mol. The number of benzene rings is 2. The molecule has 0 aliphatic heterocycles. The Labute approximate surface area is 115 Å². The first kappa shape index (κ1) is 13.2. The van der Waals surface area contributed by atoms with Gasteiger partial charge in [-0.25, -0.2) is 0 Å². The summed E-state index contributed by atoms with van der Waals surface area (Å²) >= 11 is 6.70. The largest absolute Gasteiger partial charge is 0.113 e. The van der Waals surface area contributed by atoms with Gasteiger partial charge in [-0.15, -0.1) is 11.6 Å². The van der Waals surface area contributed by atoms with Crippen LogP contribution in [0.3, 0.4) is 0 Å². The van der Waals surface area contributed by atoms with Crippen molar-refractivity contribution in [2.24, 2.45) is 0 Å². The predicted octanol–water partition coefficient (Wildman–Crippen LogP) is 5.14. The Balaban J connectivity index is 2.49. The average Bonchev–Trinajstić information content (AvgIpc) is 2.46. The molecular weight excluding hydrogens is 240 g/mol. The van der Waals surface area contributed by atoms with Crippen molar-refractivity contribution in [2.45, 2.75) is 32.1 Å². The van der Waals surface area contributed by atoms with E-state index in [4.69, 9.17) is 11.6 Å². The summed E-state index contributed by atoms with van der Waals surface area (Å²) in [4.78, 5) is 0. The number of hydrogen-bond acceptors (Lipinski definition) is 0. The molecule has 2 rings (SSSR count). The second kappa shape index (κ2) is 6.06. The van der Waals surface area contributed by atoms with Gasteiger partial charge in [-0.1, -0.05) is 62.4 Å². The van der Waals surface area contributed by atoms with Crippen molar-refractivity contribution in [1.82, 2.24) is 0 Å². The van der Waals surface area contributed by atoms with Crippen molar-refractivity contribution in [1.29, 1.82) is 0 Å². The van der Waals surface area contributed by atoms with Gasteiger partial charge in [0.2, 0.25) is 0 Å². The molecule has 0 aliphatic carbocycles. The smallest absolute Gasteiger partial charge is 0.0840 e. The van der Waals surface area contributed by atoms with Crippen LogP contribution >= 0.6 is 11.6 Å². The fraction of sp³-hybridized carbons (Fsp3) is 0.294. The SMILES string of the molecule is CCc1cccc(CC)c1C(Cl)c1ccccc1. The highest BCUT2D eigenvalue weighted by molar-refractivity contribution is 6.22. The Morgan fingerprint density at radius 2 is 1.39 bits per heavy atom. The highest BCUT2D eigenvalue weighted by Crippen LogP contribution is 2.34. The van der Waals surface area contributed by atoms with E-state index in [9.17, 15) is 0 Å². The van der Waals surface area contributed by atoms with E-state index in [0.29, 0.717) is 0 Å². The lowest BCUT2D eigenvalue weighted by Crippen LogP contribution is -2.03. The molecular formula is C17H19Cl. The Bertz CT molecular complexity index is 480. The molecule has 0 aromatic heterocycles. The zero-order valence-electron chi connectivity index (χ0n) is 11.0. The van der Waals surface area contributed by atoms with Crippen LogP contribution in [0.1, 0.15) is 41.5 Å². The van der Waals surface area contributed by atoms with Gasteiger partial charge in [0.1, 0.15) is 0 Å². The summed E-state index contributed by atoms with van der Waals surface area (Å²) in [7, 11) is 0.